The van der Waals surface area contributed by atoms with Crippen LogP contribution >= 0.6 is 0 Å². The zero-order valence-corrected chi connectivity index (χ0v) is 19.0. The third kappa shape index (κ3) is 4.45. The summed E-state index contributed by atoms with van der Waals surface area (Å²) in [6.45, 7) is 4.04. The van der Waals surface area contributed by atoms with E-state index >= 15 is 0 Å². The molecule has 0 N–H and O–H groups in total. The number of aryl methyl sites for hydroxylation is 1. The smallest absolute Gasteiger partial charge is 0.309 e. The van der Waals surface area contributed by atoms with Crippen molar-refractivity contribution >= 4 is 11.9 Å². The first-order chi connectivity index (χ1) is 15.5. The van der Waals surface area contributed by atoms with Crippen LogP contribution in [0.5, 0.6) is 11.5 Å². The largest absolute Gasteiger partial charge is 0.497 e. The molecule has 1 amide bonds. The fourth-order valence-electron chi connectivity index (χ4n) is 4.70. The van der Waals surface area contributed by atoms with E-state index in [9.17, 15) is 9.59 Å². The molecule has 8 heteroatoms. The molecule has 32 heavy (non-hydrogen) atoms. The van der Waals surface area contributed by atoms with Crippen molar-refractivity contribution in [2.24, 2.45) is 5.92 Å². The highest BCUT2D eigenvalue weighted by atomic mass is 16.5. The molecule has 8 nitrogen and oxygen atoms in total. The van der Waals surface area contributed by atoms with Crippen molar-refractivity contribution < 1.29 is 23.8 Å². The average molecular weight is 442 g/mol. The van der Waals surface area contributed by atoms with E-state index in [2.05, 4.69) is 9.55 Å². The molecule has 172 valence electrons. The summed E-state index contributed by atoms with van der Waals surface area (Å²) in [5.74, 6) is 2.51. The number of aromatic nitrogens is 2. The van der Waals surface area contributed by atoms with Gasteiger partial charge in [-0.15, -0.1) is 0 Å². The van der Waals surface area contributed by atoms with Gasteiger partial charge in [0.25, 0.3) is 5.91 Å². The number of methoxy groups -OCH3 is 2. The van der Waals surface area contributed by atoms with Gasteiger partial charge in [0.05, 0.1) is 26.7 Å². The number of hydrogen-bond donors (Lipinski definition) is 0. The van der Waals surface area contributed by atoms with E-state index in [4.69, 9.17) is 14.2 Å². The minimum atomic E-state index is -0.156. The monoisotopic (exact) mass is 441 g/mol. The summed E-state index contributed by atoms with van der Waals surface area (Å²) < 4.78 is 18.2. The van der Waals surface area contributed by atoms with E-state index in [0.717, 1.165) is 42.3 Å². The van der Waals surface area contributed by atoms with Crippen molar-refractivity contribution in [1.29, 1.82) is 0 Å². The number of esters is 1. The highest BCUT2D eigenvalue weighted by molar-refractivity contribution is 5.92. The maximum Gasteiger partial charge on any atom is 0.309 e. The van der Waals surface area contributed by atoms with Gasteiger partial charge in [-0.1, -0.05) is 0 Å². The summed E-state index contributed by atoms with van der Waals surface area (Å²) in [7, 11) is 3.34. The molecule has 2 aliphatic heterocycles. The predicted octanol–water partition coefficient (Wildman–Crippen LogP) is 3.05. The van der Waals surface area contributed by atoms with Gasteiger partial charge in [-0.3, -0.25) is 9.59 Å². The standard InChI is InChI=1S/C24H31N3O5/c1-4-32-24(29)16-9-11-26(12-10-16)23(28)20-15-27-14-17(5-8-22(27)25-20)19-13-18(30-2)6-7-21(19)31-3/h6-7,13,15-17H,4-5,8-12,14H2,1-3H3. The fourth-order valence-corrected chi connectivity index (χ4v) is 4.70. The van der Waals surface area contributed by atoms with Crippen LogP contribution in [0, 0.1) is 5.92 Å². The van der Waals surface area contributed by atoms with Crippen LogP contribution in [-0.2, 0) is 22.5 Å². The van der Waals surface area contributed by atoms with Gasteiger partial charge in [-0.2, -0.15) is 0 Å². The lowest BCUT2D eigenvalue weighted by Gasteiger charge is -2.30. The van der Waals surface area contributed by atoms with Crippen molar-refractivity contribution in [3.05, 3.63) is 41.5 Å². The Morgan fingerprint density at radius 3 is 2.59 bits per heavy atom. The zero-order valence-electron chi connectivity index (χ0n) is 19.0. The Balaban J connectivity index is 1.44. The zero-order chi connectivity index (χ0) is 22.7. The van der Waals surface area contributed by atoms with Crippen LogP contribution in [0.3, 0.4) is 0 Å². The van der Waals surface area contributed by atoms with Crippen LogP contribution in [0.15, 0.2) is 24.4 Å². The van der Waals surface area contributed by atoms with E-state index in [1.807, 2.05) is 31.3 Å². The Morgan fingerprint density at radius 1 is 1.12 bits per heavy atom. The minimum absolute atomic E-state index is 0.0651. The number of imidazole rings is 1. The number of amides is 1. The summed E-state index contributed by atoms with van der Waals surface area (Å²) in [6, 6.07) is 5.87. The Morgan fingerprint density at radius 2 is 1.91 bits per heavy atom. The summed E-state index contributed by atoms with van der Waals surface area (Å²) >= 11 is 0. The van der Waals surface area contributed by atoms with Crippen LogP contribution in [0.4, 0.5) is 0 Å². The molecule has 0 aliphatic carbocycles. The number of rotatable bonds is 6. The van der Waals surface area contributed by atoms with Crippen LogP contribution in [0.2, 0.25) is 0 Å². The SMILES string of the molecule is CCOC(=O)C1CCN(C(=O)c2cn3c(n2)CCC(c2cc(OC)ccc2OC)C3)CC1. The number of carbonyl (C=O) groups is 2. The Labute approximate surface area is 188 Å². The first kappa shape index (κ1) is 22.2. The summed E-state index contributed by atoms with van der Waals surface area (Å²) in [5.41, 5.74) is 1.59. The van der Waals surface area contributed by atoms with Gasteiger partial charge in [0, 0.05) is 43.7 Å². The van der Waals surface area contributed by atoms with E-state index in [1.165, 1.54) is 0 Å². The Bertz CT molecular complexity index is 978. The predicted molar refractivity (Wildman–Crippen MR) is 118 cm³/mol. The van der Waals surface area contributed by atoms with Gasteiger partial charge < -0.3 is 23.7 Å². The van der Waals surface area contributed by atoms with Crippen molar-refractivity contribution in [3.63, 3.8) is 0 Å². The maximum absolute atomic E-state index is 13.1. The van der Waals surface area contributed by atoms with Gasteiger partial charge in [-0.05, 0) is 44.4 Å². The second-order valence-electron chi connectivity index (χ2n) is 8.36. The van der Waals surface area contributed by atoms with Crippen LogP contribution < -0.4 is 9.47 Å². The van der Waals surface area contributed by atoms with Crippen molar-refractivity contribution in [2.75, 3.05) is 33.9 Å². The van der Waals surface area contributed by atoms with Crippen LogP contribution in [-0.4, -0.2) is 60.2 Å². The molecule has 1 aromatic carbocycles. The second kappa shape index (κ2) is 9.63. The van der Waals surface area contributed by atoms with Crippen LogP contribution in [0.1, 0.15) is 54.0 Å². The molecule has 0 radical (unpaired) electrons. The Hall–Kier alpha value is -3.03. The third-order valence-electron chi connectivity index (χ3n) is 6.49. The lowest BCUT2D eigenvalue weighted by molar-refractivity contribution is -0.149. The molecule has 1 atom stereocenters. The summed E-state index contributed by atoms with van der Waals surface area (Å²) in [5, 5.41) is 0. The average Bonchev–Trinajstić information content (AvgIpc) is 3.26. The van der Waals surface area contributed by atoms with Crippen molar-refractivity contribution in [1.82, 2.24) is 14.5 Å². The molecule has 2 aromatic rings. The second-order valence-corrected chi connectivity index (χ2v) is 8.36. The molecular formula is C24H31N3O5. The van der Waals surface area contributed by atoms with Crippen LogP contribution in [0.25, 0.3) is 0 Å². The molecule has 0 bridgehead atoms. The van der Waals surface area contributed by atoms with Gasteiger partial charge in [0.1, 0.15) is 23.0 Å². The number of piperidine rings is 1. The normalized spacial score (nSPS) is 18.7. The lowest BCUT2D eigenvalue weighted by Crippen LogP contribution is -2.40. The molecule has 0 spiro atoms. The van der Waals surface area contributed by atoms with E-state index in [-0.39, 0.29) is 23.7 Å². The minimum Gasteiger partial charge on any atom is -0.497 e. The van der Waals surface area contributed by atoms with E-state index < -0.39 is 0 Å². The van der Waals surface area contributed by atoms with E-state index in [1.54, 1.807) is 19.1 Å². The molecule has 0 saturated carbocycles. The van der Waals surface area contributed by atoms with Crippen molar-refractivity contribution in [2.45, 2.75) is 45.1 Å². The fraction of sp³-hybridized carbons (Fsp3) is 0.542. The molecule has 4 rings (SSSR count). The number of nitrogens with zero attached hydrogens (tertiary/aromatic N) is 3. The van der Waals surface area contributed by atoms with Gasteiger partial charge in [0.15, 0.2) is 0 Å². The van der Waals surface area contributed by atoms with E-state index in [0.29, 0.717) is 38.2 Å². The molecule has 1 aromatic heterocycles. The molecule has 1 unspecified atom stereocenters. The number of hydrogen-bond acceptors (Lipinski definition) is 6. The number of fused-ring (bicyclic) bond motifs is 1. The molecule has 2 aliphatic rings. The van der Waals surface area contributed by atoms with Gasteiger partial charge in [0.2, 0.25) is 0 Å². The quantitative estimate of drug-likeness (QED) is 0.641. The van der Waals surface area contributed by atoms with Gasteiger partial charge in [-0.25, -0.2) is 4.98 Å². The first-order valence-electron chi connectivity index (χ1n) is 11.3. The number of carbonyl (C=O) groups excluding carboxylic acids is 2. The van der Waals surface area contributed by atoms with Crippen molar-refractivity contribution in [3.8, 4) is 11.5 Å². The highest BCUT2D eigenvalue weighted by Crippen LogP contribution is 2.36. The molecule has 1 saturated heterocycles. The molecule has 3 heterocycles. The Kier molecular flexibility index (Phi) is 6.67. The molecule has 1 fully saturated rings. The summed E-state index contributed by atoms with van der Waals surface area (Å²) in [6.07, 6.45) is 4.86. The number of likely N-dealkylation sites (tertiary alicyclic amines) is 1. The number of benzene rings is 1. The first-order valence-corrected chi connectivity index (χ1v) is 11.3. The third-order valence-corrected chi connectivity index (χ3v) is 6.49. The maximum atomic E-state index is 13.1. The topological polar surface area (TPSA) is 82.9 Å². The molecular weight excluding hydrogens is 410 g/mol. The highest BCUT2D eigenvalue weighted by Gasteiger charge is 2.31. The number of ether oxygens (including phenoxy) is 3. The van der Waals surface area contributed by atoms with Gasteiger partial charge >= 0.3 is 5.97 Å². The summed E-state index contributed by atoms with van der Waals surface area (Å²) in [4.78, 5) is 31.4. The lowest BCUT2D eigenvalue weighted by atomic mass is 9.90.